The Morgan fingerprint density at radius 3 is 2.46 bits per heavy atom. The van der Waals surface area contributed by atoms with Crippen molar-refractivity contribution >= 4 is 11.8 Å². The van der Waals surface area contributed by atoms with E-state index in [2.05, 4.69) is 0 Å². The smallest absolute Gasteiger partial charge is 0.369 e. The normalized spacial score (nSPS) is 21.3. The Morgan fingerprint density at radius 2 is 1.96 bits per heavy atom. The van der Waals surface area contributed by atoms with Crippen molar-refractivity contribution in [2.45, 2.75) is 12.7 Å². The van der Waals surface area contributed by atoms with E-state index in [0.717, 1.165) is 10.5 Å². The summed E-state index contributed by atoms with van der Waals surface area (Å²) in [5.41, 5.74) is 6.27. The van der Waals surface area contributed by atoms with Gasteiger partial charge < -0.3 is 15.5 Å². The van der Waals surface area contributed by atoms with Gasteiger partial charge in [-0.2, -0.15) is 13.2 Å². The van der Waals surface area contributed by atoms with Crippen LogP contribution >= 0.6 is 0 Å². The van der Waals surface area contributed by atoms with Crippen LogP contribution in [0.1, 0.15) is 15.9 Å². The third-order valence-corrected chi connectivity index (χ3v) is 4.07. The fourth-order valence-corrected chi connectivity index (χ4v) is 2.94. The highest BCUT2D eigenvalue weighted by Gasteiger charge is 2.52. The molecule has 1 aliphatic heterocycles. The second kappa shape index (κ2) is 6.80. The molecule has 8 heteroatoms. The van der Waals surface area contributed by atoms with Gasteiger partial charge >= 0.3 is 6.18 Å². The molecule has 2 amide bonds. The van der Waals surface area contributed by atoms with Crippen LogP contribution in [0, 0.1) is 11.8 Å². The first-order chi connectivity index (χ1) is 11.1. The first kappa shape index (κ1) is 18.3. The van der Waals surface area contributed by atoms with Crippen LogP contribution in [0.3, 0.4) is 0 Å². The number of rotatable bonds is 4. The maximum atomic E-state index is 13.1. The van der Waals surface area contributed by atoms with E-state index in [1.165, 1.54) is 0 Å². The van der Waals surface area contributed by atoms with Crippen molar-refractivity contribution in [2.75, 3.05) is 27.2 Å². The number of carbonyl (C=O) groups is 2. The molecule has 0 radical (unpaired) electrons. The predicted molar refractivity (Wildman–Crippen MR) is 82.0 cm³/mol. The molecule has 1 aliphatic rings. The molecule has 0 aromatic heterocycles. The number of hydrogen-bond acceptors (Lipinski definition) is 3. The van der Waals surface area contributed by atoms with Crippen LogP contribution in [0.5, 0.6) is 0 Å². The van der Waals surface area contributed by atoms with Crippen LogP contribution in [0.25, 0.3) is 0 Å². The van der Waals surface area contributed by atoms with Crippen LogP contribution < -0.4 is 5.73 Å². The summed E-state index contributed by atoms with van der Waals surface area (Å²) in [6.45, 7) is -0.250. The van der Waals surface area contributed by atoms with Gasteiger partial charge in [-0.05, 0) is 31.8 Å². The summed E-state index contributed by atoms with van der Waals surface area (Å²) in [5.74, 6) is -4.87. The van der Waals surface area contributed by atoms with E-state index in [-0.39, 0.29) is 6.54 Å². The Kier molecular flexibility index (Phi) is 5.17. The fourth-order valence-electron chi connectivity index (χ4n) is 2.94. The first-order valence-corrected chi connectivity index (χ1v) is 7.48. The van der Waals surface area contributed by atoms with Gasteiger partial charge in [-0.1, -0.05) is 12.1 Å². The minimum atomic E-state index is -4.57. The van der Waals surface area contributed by atoms with Crippen molar-refractivity contribution in [2.24, 2.45) is 17.6 Å². The number of likely N-dealkylation sites (tertiary alicyclic amines) is 1. The summed E-state index contributed by atoms with van der Waals surface area (Å²) < 4.78 is 39.2. The van der Waals surface area contributed by atoms with Crippen LogP contribution in [-0.2, 0) is 11.3 Å². The van der Waals surface area contributed by atoms with E-state index >= 15 is 0 Å². The Bertz CT molecular complexity index is 631. The average molecular weight is 343 g/mol. The highest BCUT2D eigenvalue weighted by atomic mass is 19.4. The van der Waals surface area contributed by atoms with Crippen LogP contribution in [0.4, 0.5) is 13.2 Å². The molecule has 0 bridgehead atoms. The van der Waals surface area contributed by atoms with Crippen LogP contribution in [0.15, 0.2) is 24.3 Å². The summed E-state index contributed by atoms with van der Waals surface area (Å²) in [6.07, 6.45) is -4.57. The highest BCUT2D eigenvalue weighted by Crippen LogP contribution is 2.37. The van der Waals surface area contributed by atoms with Gasteiger partial charge in [0.15, 0.2) is 0 Å². The monoisotopic (exact) mass is 343 g/mol. The van der Waals surface area contributed by atoms with Crippen LogP contribution in [-0.4, -0.2) is 55.0 Å². The zero-order chi connectivity index (χ0) is 18.1. The summed E-state index contributed by atoms with van der Waals surface area (Å²) in [7, 11) is 3.75. The average Bonchev–Trinajstić information content (AvgIpc) is 2.91. The third-order valence-electron chi connectivity index (χ3n) is 4.07. The van der Waals surface area contributed by atoms with E-state index in [0.29, 0.717) is 12.1 Å². The molecule has 0 unspecified atom stereocenters. The predicted octanol–water partition coefficient (Wildman–Crippen LogP) is 1.48. The van der Waals surface area contributed by atoms with Gasteiger partial charge in [-0.3, -0.25) is 9.59 Å². The topological polar surface area (TPSA) is 66.6 Å². The van der Waals surface area contributed by atoms with E-state index in [9.17, 15) is 22.8 Å². The number of nitrogens with zero attached hydrogens (tertiary/aromatic N) is 2. The van der Waals surface area contributed by atoms with Crippen molar-refractivity contribution in [3.05, 3.63) is 35.4 Å². The van der Waals surface area contributed by atoms with E-state index in [1.54, 1.807) is 18.2 Å². The summed E-state index contributed by atoms with van der Waals surface area (Å²) in [4.78, 5) is 26.8. The first-order valence-electron chi connectivity index (χ1n) is 7.48. The maximum Gasteiger partial charge on any atom is 0.394 e. The molecule has 24 heavy (non-hydrogen) atoms. The van der Waals surface area contributed by atoms with Crippen molar-refractivity contribution in [1.29, 1.82) is 0 Å². The number of hydrogen-bond donors (Lipinski definition) is 1. The Labute approximate surface area is 138 Å². The Hall–Kier alpha value is -2.09. The van der Waals surface area contributed by atoms with Gasteiger partial charge in [0.05, 0.1) is 11.8 Å². The van der Waals surface area contributed by atoms with E-state index < -0.39 is 36.4 Å². The van der Waals surface area contributed by atoms with Crippen molar-refractivity contribution in [1.82, 2.24) is 9.80 Å². The largest absolute Gasteiger partial charge is 0.394 e. The summed E-state index contributed by atoms with van der Waals surface area (Å²) in [6, 6.07) is 6.74. The molecular weight excluding hydrogens is 323 g/mol. The quantitative estimate of drug-likeness (QED) is 0.901. The second-order valence-electron chi connectivity index (χ2n) is 6.31. The van der Waals surface area contributed by atoms with E-state index in [1.807, 2.05) is 25.1 Å². The molecule has 1 fully saturated rings. The van der Waals surface area contributed by atoms with Crippen molar-refractivity contribution in [3.63, 3.8) is 0 Å². The highest BCUT2D eigenvalue weighted by molar-refractivity contribution is 5.95. The zero-order valence-corrected chi connectivity index (χ0v) is 13.5. The lowest BCUT2D eigenvalue weighted by atomic mass is 9.95. The third kappa shape index (κ3) is 4.05. The Morgan fingerprint density at radius 1 is 1.29 bits per heavy atom. The summed E-state index contributed by atoms with van der Waals surface area (Å²) in [5, 5.41) is 0. The molecule has 0 aliphatic carbocycles. The number of amides is 2. The van der Waals surface area contributed by atoms with Gasteiger partial charge in [0.25, 0.3) is 5.91 Å². The molecule has 2 N–H and O–H groups in total. The van der Waals surface area contributed by atoms with Gasteiger partial charge in [-0.15, -0.1) is 0 Å². The molecule has 5 nitrogen and oxygen atoms in total. The Balaban J connectivity index is 2.20. The lowest BCUT2D eigenvalue weighted by Crippen LogP contribution is -2.37. The van der Waals surface area contributed by atoms with Crippen LogP contribution in [0.2, 0.25) is 0 Å². The molecule has 0 spiro atoms. The number of primary amides is 1. The minimum absolute atomic E-state index is 0.306. The number of nitrogens with two attached hydrogens (primary N) is 1. The maximum absolute atomic E-state index is 13.1. The van der Waals surface area contributed by atoms with Gasteiger partial charge in [0, 0.05) is 25.2 Å². The molecule has 1 heterocycles. The molecular formula is C16H20F3N3O2. The standard InChI is InChI=1S/C16H20F3N3O2/c1-21(2)7-10-4-3-5-11(6-10)15(24)22-8-12(14(20)23)13(9-22)16(17,18)19/h3-6,12-13H,7-9H2,1-2H3,(H2,20,23)/t12-,13-/m1/s1. The number of benzene rings is 1. The van der Waals surface area contributed by atoms with Gasteiger partial charge in [-0.25, -0.2) is 0 Å². The van der Waals surface area contributed by atoms with E-state index in [4.69, 9.17) is 5.73 Å². The molecule has 1 saturated heterocycles. The molecule has 2 rings (SSSR count). The number of alkyl halides is 3. The lowest BCUT2D eigenvalue weighted by molar-refractivity contribution is -0.182. The molecule has 132 valence electrons. The van der Waals surface area contributed by atoms with Crippen molar-refractivity contribution < 1.29 is 22.8 Å². The fraction of sp³-hybridized carbons (Fsp3) is 0.500. The zero-order valence-electron chi connectivity index (χ0n) is 13.5. The summed E-state index contributed by atoms with van der Waals surface area (Å²) >= 11 is 0. The molecule has 1 aromatic rings. The number of halogens is 3. The second-order valence-corrected chi connectivity index (χ2v) is 6.31. The number of carbonyl (C=O) groups excluding carboxylic acids is 2. The van der Waals surface area contributed by atoms with Crippen molar-refractivity contribution in [3.8, 4) is 0 Å². The molecule has 1 aromatic carbocycles. The molecule has 0 saturated carbocycles. The van der Waals surface area contributed by atoms with Gasteiger partial charge in [0.1, 0.15) is 0 Å². The molecule has 2 atom stereocenters. The minimum Gasteiger partial charge on any atom is -0.369 e. The van der Waals surface area contributed by atoms with Gasteiger partial charge in [0.2, 0.25) is 5.91 Å². The SMILES string of the molecule is CN(C)Cc1cccc(C(=O)N2C[C@@H](C(F)(F)F)[C@H](C(N)=O)C2)c1. The lowest BCUT2D eigenvalue weighted by Gasteiger charge is -2.19.